The van der Waals surface area contributed by atoms with Gasteiger partial charge in [-0.1, -0.05) is 43.7 Å². The lowest BCUT2D eigenvalue weighted by atomic mass is 10.2. The van der Waals surface area contributed by atoms with E-state index < -0.39 is 18.0 Å². The number of hydrogen-bond donors (Lipinski definition) is 1. The Morgan fingerprint density at radius 2 is 2.00 bits per heavy atom. The van der Waals surface area contributed by atoms with Crippen LogP contribution in [-0.4, -0.2) is 18.0 Å². The number of nitrogens with zero attached hydrogens (tertiary/aromatic N) is 1. The smallest absolute Gasteiger partial charge is 0.437 e. The maximum Gasteiger partial charge on any atom is 0.437 e. The van der Waals surface area contributed by atoms with E-state index in [2.05, 4.69) is 5.32 Å². The van der Waals surface area contributed by atoms with Crippen LogP contribution in [0.1, 0.15) is 25.3 Å². The van der Waals surface area contributed by atoms with Crippen LogP contribution in [0.3, 0.4) is 0 Å². The molecule has 97 valence electrons. The zero-order valence-electron chi connectivity index (χ0n) is 10.3. The second-order valence-electron chi connectivity index (χ2n) is 3.89. The molecule has 1 radical (unpaired) electrons. The van der Waals surface area contributed by atoms with Crippen LogP contribution in [0.2, 0.25) is 0 Å². The summed E-state index contributed by atoms with van der Waals surface area (Å²) in [6.07, 6.45) is 0.380. The molecule has 18 heavy (non-hydrogen) atoms. The Labute approximate surface area is 106 Å². The molecule has 2 amide bonds. The van der Waals surface area contributed by atoms with Gasteiger partial charge in [-0.2, -0.15) is 0 Å². The first kappa shape index (κ1) is 14.2. The number of ether oxygens (including phenoxy) is 1. The maximum absolute atomic E-state index is 11.4. The summed E-state index contributed by atoms with van der Waals surface area (Å²) in [7, 11) is 0. The number of amides is 2. The van der Waals surface area contributed by atoms with Gasteiger partial charge < -0.3 is 10.5 Å². The van der Waals surface area contributed by atoms with Gasteiger partial charge in [0.05, 0.1) is 6.04 Å². The van der Waals surface area contributed by atoms with E-state index in [1.54, 1.807) is 0 Å². The van der Waals surface area contributed by atoms with E-state index >= 15 is 0 Å². The largest absolute Gasteiger partial charge is 0.443 e. The zero-order chi connectivity index (χ0) is 13.4. The van der Waals surface area contributed by atoms with E-state index in [1.807, 2.05) is 37.3 Å². The molecule has 2 N–H and O–H groups in total. The van der Waals surface area contributed by atoms with Gasteiger partial charge in [0.2, 0.25) is 0 Å². The van der Waals surface area contributed by atoms with Gasteiger partial charge in [0.25, 0.3) is 5.91 Å². The normalized spacial score (nSPS) is 11.7. The lowest BCUT2D eigenvalue weighted by molar-refractivity contribution is -0.122. The number of nitrogens with two attached hydrogens (primary N) is 1. The molecule has 0 aliphatic carbocycles. The molecule has 0 unspecified atom stereocenters. The maximum atomic E-state index is 11.4. The molecular formula is C13H17N2O3. The molecule has 0 aromatic heterocycles. The Morgan fingerprint density at radius 1 is 1.33 bits per heavy atom. The second-order valence-corrected chi connectivity index (χ2v) is 3.89. The Bertz CT molecular complexity index is 392. The summed E-state index contributed by atoms with van der Waals surface area (Å²) in [4.78, 5) is 22.6. The molecule has 0 saturated heterocycles. The van der Waals surface area contributed by atoms with Gasteiger partial charge in [-0.15, -0.1) is 5.32 Å². The summed E-state index contributed by atoms with van der Waals surface area (Å²) in [6, 6.07) is 8.45. The van der Waals surface area contributed by atoms with Crippen LogP contribution in [0.5, 0.6) is 0 Å². The van der Waals surface area contributed by atoms with Crippen LogP contribution in [-0.2, 0) is 16.1 Å². The van der Waals surface area contributed by atoms with Gasteiger partial charge in [-0.3, -0.25) is 4.79 Å². The van der Waals surface area contributed by atoms with Crippen molar-refractivity contribution in [1.82, 2.24) is 5.32 Å². The highest BCUT2D eigenvalue weighted by molar-refractivity contribution is 5.94. The van der Waals surface area contributed by atoms with Gasteiger partial charge in [-0.05, 0) is 12.0 Å². The number of imide groups is 1. The van der Waals surface area contributed by atoms with Crippen LogP contribution >= 0.6 is 0 Å². The highest BCUT2D eigenvalue weighted by Gasteiger charge is 2.18. The minimum absolute atomic E-state index is 0.0967. The number of hydrogen-bond acceptors (Lipinski definition) is 4. The lowest BCUT2D eigenvalue weighted by Crippen LogP contribution is -2.39. The van der Waals surface area contributed by atoms with Crippen LogP contribution in [0, 0.1) is 0 Å². The third kappa shape index (κ3) is 4.97. The van der Waals surface area contributed by atoms with Crippen molar-refractivity contribution in [1.29, 1.82) is 0 Å². The minimum atomic E-state index is -0.893. The van der Waals surface area contributed by atoms with Crippen molar-refractivity contribution in [3.63, 3.8) is 0 Å². The molecule has 1 atom stereocenters. The van der Waals surface area contributed by atoms with E-state index in [0.29, 0.717) is 6.42 Å². The fourth-order valence-corrected chi connectivity index (χ4v) is 1.36. The molecule has 1 aromatic rings. The van der Waals surface area contributed by atoms with Crippen molar-refractivity contribution in [2.75, 3.05) is 0 Å². The Morgan fingerprint density at radius 3 is 2.61 bits per heavy atom. The van der Waals surface area contributed by atoms with Gasteiger partial charge in [-0.25, -0.2) is 4.79 Å². The van der Waals surface area contributed by atoms with Crippen molar-refractivity contribution in [3.05, 3.63) is 35.9 Å². The summed E-state index contributed by atoms with van der Waals surface area (Å²) in [5.74, 6) is -0.630. The lowest BCUT2D eigenvalue weighted by Gasteiger charge is -2.08. The highest BCUT2D eigenvalue weighted by Crippen LogP contribution is 2.01. The highest BCUT2D eigenvalue weighted by atomic mass is 16.5. The first-order valence-corrected chi connectivity index (χ1v) is 5.85. The molecular weight excluding hydrogens is 232 g/mol. The predicted molar refractivity (Wildman–Crippen MR) is 66.7 cm³/mol. The van der Waals surface area contributed by atoms with Crippen molar-refractivity contribution >= 4 is 12.0 Å². The van der Waals surface area contributed by atoms with Gasteiger partial charge in [0, 0.05) is 0 Å². The number of benzene rings is 1. The van der Waals surface area contributed by atoms with E-state index in [9.17, 15) is 9.59 Å². The molecule has 0 saturated carbocycles. The van der Waals surface area contributed by atoms with Crippen LogP contribution in [0.25, 0.3) is 0 Å². The van der Waals surface area contributed by atoms with E-state index in [0.717, 1.165) is 12.0 Å². The molecule has 0 aliphatic heterocycles. The number of carbonyl (C=O) groups excluding carboxylic acids is 2. The first-order chi connectivity index (χ1) is 8.63. The van der Waals surface area contributed by atoms with E-state index in [1.165, 1.54) is 0 Å². The molecule has 0 aliphatic rings. The van der Waals surface area contributed by atoms with E-state index in [4.69, 9.17) is 10.5 Å². The summed E-state index contributed by atoms with van der Waals surface area (Å²) >= 11 is 0. The van der Waals surface area contributed by atoms with Crippen molar-refractivity contribution in [2.24, 2.45) is 5.73 Å². The predicted octanol–water partition coefficient (Wildman–Crippen LogP) is 1.58. The van der Waals surface area contributed by atoms with Gasteiger partial charge >= 0.3 is 6.09 Å². The minimum Gasteiger partial charge on any atom is -0.443 e. The van der Waals surface area contributed by atoms with Crippen molar-refractivity contribution in [2.45, 2.75) is 32.4 Å². The van der Waals surface area contributed by atoms with E-state index in [-0.39, 0.29) is 6.61 Å². The molecule has 5 heteroatoms. The second kappa shape index (κ2) is 7.45. The topological polar surface area (TPSA) is 83.5 Å². The van der Waals surface area contributed by atoms with Crippen LogP contribution in [0.15, 0.2) is 30.3 Å². The molecule has 1 rings (SSSR count). The Hall–Kier alpha value is -1.88. The van der Waals surface area contributed by atoms with Crippen LogP contribution in [0.4, 0.5) is 4.79 Å². The average molecular weight is 249 g/mol. The standard InChI is InChI=1S/C13H17N2O3/c1-2-6-11(14)12(16)15-13(17)18-9-10-7-4-3-5-8-10/h3-5,7-8,11H,2,6,9,14H2,1H3/t11-/m0/s1. The van der Waals surface area contributed by atoms with Crippen molar-refractivity contribution in [3.8, 4) is 0 Å². The number of carbonyl (C=O) groups is 2. The average Bonchev–Trinajstić information content (AvgIpc) is 2.38. The van der Waals surface area contributed by atoms with Gasteiger partial charge in [0.15, 0.2) is 0 Å². The quantitative estimate of drug-likeness (QED) is 0.858. The SMILES string of the molecule is CCC[C@H](N)C(=O)[N]C(=O)OCc1ccccc1. The first-order valence-electron chi connectivity index (χ1n) is 5.85. The zero-order valence-corrected chi connectivity index (χ0v) is 10.3. The Balaban J connectivity index is 2.32. The molecule has 0 bridgehead atoms. The summed E-state index contributed by atoms with van der Waals surface area (Å²) < 4.78 is 4.85. The third-order valence-corrected chi connectivity index (χ3v) is 2.32. The summed E-state index contributed by atoms with van der Waals surface area (Å²) in [6.45, 7) is 2.00. The van der Waals surface area contributed by atoms with Crippen molar-refractivity contribution < 1.29 is 14.3 Å². The molecule has 0 spiro atoms. The van der Waals surface area contributed by atoms with Gasteiger partial charge in [0.1, 0.15) is 6.61 Å². The monoisotopic (exact) mass is 249 g/mol. The molecule has 1 aromatic carbocycles. The summed E-state index contributed by atoms with van der Waals surface area (Å²) in [5.41, 5.74) is 6.37. The summed E-state index contributed by atoms with van der Waals surface area (Å²) in [5, 5.41) is 3.29. The Kier molecular flexibility index (Phi) is 5.87. The molecule has 0 heterocycles. The molecule has 5 nitrogen and oxygen atoms in total. The number of rotatable bonds is 5. The molecule has 0 fully saturated rings. The fourth-order valence-electron chi connectivity index (χ4n) is 1.36. The van der Waals surface area contributed by atoms with Crippen LogP contribution < -0.4 is 11.1 Å². The fraction of sp³-hybridized carbons (Fsp3) is 0.385. The third-order valence-electron chi connectivity index (χ3n) is 2.32.